The summed E-state index contributed by atoms with van der Waals surface area (Å²) < 4.78 is 0. The number of aromatic nitrogens is 2. The van der Waals surface area contributed by atoms with E-state index in [2.05, 4.69) is 21.4 Å². The Morgan fingerprint density at radius 3 is 3.42 bits per heavy atom. The summed E-state index contributed by atoms with van der Waals surface area (Å²) in [5, 5.41) is 3.26. The maximum atomic E-state index is 4.47. The molecule has 3 rings (SSSR count). The van der Waals surface area contributed by atoms with Crippen LogP contribution in [0.4, 0.5) is 5.82 Å². The van der Waals surface area contributed by atoms with Gasteiger partial charge in [-0.3, -0.25) is 0 Å². The van der Waals surface area contributed by atoms with Crippen molar-refractivity contribution in [1.29, 1.82) is 0 Å². The molecule has 0 unspecified atom stereocenters. The van der Waals surface area contributed by atoms with Crippen LogP contribution in [-0.2, 0) is 6.42 Å². The van der Waals surface area contributed by atoms with Crippen LogP contribution in [0.25, 0.3) is 11.0 Å². The van der Waals surface area contributed by atoms with Crippen molar-refractivity contribution in [2.75, 3.05) is 11.9 Å². The summed E-state index contributed by atoms with van der Waals surface area (Å²) in [6.45, 7) is 1.02. The SMILES string of the molecule is c1cc2nc3c(cc2[nH]1)CCN3. The third kappa shape index (κ3) is 0.679. The predicted octanol–water partition coefficient (Wildman–Crippen LogP) is 1.53. The molecule has 0 bridgehead atoms. The number of nitrogens with one attached hydrogen (secondary N) is 2. The van der Waals surface area contributed by atoms with Gasteiger partial charge in [-0.1, -0.05) is 0 Å². The minimum atomic E-state index is 1.02. The second kappa shape index (κ2) is 2.00. The number of rotatable bonds is 0. The molecule has 3 nitrogen and oxygen atoms in total. The zero-order valence-electron chi connectivity index (χ0n) is 6.59. The fourth-order valence-corrected chi connectivity index (χ4v) is 1.68. The molecule has 1 aliphatic rings. The molecule has 0 radical (unpaired) electrons. The molecule has 0 spiro atoms. The number of aromatic amines is 1. The highest BCUT2D eigenvalue weighted by molar-refractivity contribution is 5.79. The van der Waals surface area contributed by atoms with E-state index in [9.17, 15) is 0 Å². The van der Waals surface area contributed by atoms with E-state index in [0.717, 1.165) is 29.8 Å². The lowest BCUT2D eigenvalue weighted by Crippen LogP contribution is -1.92. The molecule has 2 aromatic heterocycles. The van der Waals surface area contributed by atoms with E-state index in [1.807, 2.05) is 12.3 Å². The summed E-state index contributed by atoms with van der Waals surface area (Å²) in [6, 6.07) is 4.17. The fourth-order valence-electron chi connectivity index (χ4n) is 1.68. The van der Waals surface area contributed by atoms with Crippen LogP contribution in [0.5, 0.6) is 0 Å². The molecule has 0 atom stereocenters. The molecule has 12 heavy (non-hydrogen) atoms. The summed E-state index contributed by atoms with van der Waals surface area (Å²) in [5.41, 5.74) is 3.51. The molecule has 1 aliphatic heterocycles. The van der Waals surface area contributed by atoms with Gasteiger partial charge in [0, 0.05) is 12.7 Å². The minimum absolute atomic E-state index is 1.02. The molecule has 0 saturated carbocycles. The van der Waals surface area contributed by atoms with Crippen molar-refractivity contribution in [2.45, 2.75) is 6.42 Å². The maximum absolute atomic E-state index is 4.47. The Hall–Kier alpha value is -1.51. The van der Waals surface area contributed by atoms with Crippen molar-refractivity contribution in [3.05, 3.63) is 23.9 Å². The predicted molar refractivity (Wildman–Crippen MR) is 48.3 cm³/mol. The van der Waals surface area contributed by atoms with Gasteiger partial charge < -0.3 is 10.3 Å². The normalized spacial score (nSPS) is 14.7. The first-order chi connectivity index (χ1) is 5.93. The Morgan fingerprint density at radius 1 is 1.42 bits per heavy atom. The Balaban J connectivity index is 2.38. The number of hydrogen-bond acceptors (Lipinski definition) is 2. The molecule has 2 N–H and O–H groups in total. The summed E-state index contributed by atoms with van der Waals surface area (Å²) >= 11 is 0. The van der Waals surface area contributed by atoms with Gasteiger partial charge in [0.25, 0.3) is 0 Å². The van der Waals surface area contributed by atoms with E-state index < -0.39 is 0 Å². The quantitative estimate of drug-likeness (QED) is 0.612. The van der Waals surface area contributed by atoms with Crippen LogP contribution in [0.15, 0.2) is 18.3 Å². The zero-order valence-corrected chi connectivity index (χ0v) is 6.59. The topological polar surface area (TPSA) is 40.7 Å². The minimum Gasteiger partial charge on any atom is -0.369 e. The highest BCUT2D eigenvalue weighted by Gasteiger charge is 2.12. The number of H-pyrrole nitrogens is 1. The highest BCUT2D eigenvalue weighted by Crippen LogP contribution is 2.23. The Kier molecular flexibility index (Phi) is 1.01. The van der Waals surface area contributed by atoms with E-state index >= 15 is 0 Å². The van der Waals surface area contributed by atoms with Crippen molar-refractivity contribution in [3.8, 4) is 0 Å². The first-order valence-electron chi connectivity index (χ1n) is 4.14. The zero-order chi connectivity index (χ0) is 7.97. The van der Waals surface area contributed by atoms with Gasteiger partial charge in [0.15, 0.2) is 0 Å². The average molecular weight is 159 g/mol. The van der Waals surface area contributed by atoms with Gasteiger partial charge in [-0.05, 0) is 24.1 Å². The molecule has 0 aromatic carbocycles. The highest BCUT2D eigenvalue weighted by atomic mass is 15.0. The Bertz CT molecular complexity index is 392. The summed E-state index contributed by atoms with van der Waals surface area (Å²) in [5.74, 6) is 1.06. The lowest BCUT2D eigenvalue weighted by Gasteiger charge is -1.97. The number of pyridine rings is 1. The third-order valence-electron chi connectivity index (χ3n) is 2.30. The lowest BCUT2D eigenvalue weighted by atomic mass is 10.2. The van der Waals surface area contributed by atoms with E-state index in [0.29, 0.717) is 0 Å². The van der Waals surface area contributed by atoms with Crippen LogP contribution in [0.2, 0.25) is 0 Å². The second-order valence-corrected chi connectivity index (χ2v) is 3.08. The molecule has 0 fully saturated rings. The van der Waals surface area contributed by atoms with Gasteiger partial charge in [0.05, 0.1) is 11.0 Å². The van der Waals surface area contributed by atoms with Crippen LogP contribution < -0.4 is 5.32 Å². The average Bonchev–Trinajstić information content (AvgIpc) is 2.64. The first kappa shape index (κ1) is 6.06. The summed E-state index contributed by atoms with van der Waals surface area (Å²) in [4.78, 5) is 7.63. The van der Waals surface area contributed by atoms with Gasteiger partial charge in [0.2, 0.25) is 0 Å². The first-order valence-corrected chi connectivity index (χ1v) is 4.14. The van der Waals surface area contributed by atoms with Gasteiger partial charge in [-0.25, -0.2) is 4.98 Å². The monoisotopic (exact) mass is 159 g/mol. The van der Waals surface area contributed by atoms with Crippen molar-refractivity contribution in [1.82, 2.24) is 9.97 Å². The Morgan fingerprint density at radius 2 is 2.42 bits per heavy atom. The third-order valence-corrected chi connectivity index (χ3v) is 2.30. The van der Waals surface area contributed by atoms with E-state index in [4.69, 9.17) is 0 Å². The smallest absolute Gasteiger partial charge is 0.130 e. The van der Waals surface area contributed by atoms with Gasteiger partial charge >= 0.3 is 0 Å². The lowest BCUT2D eigenvalue weighted by molar-refractivity contribution is 1.11. The van der Waals surface area contributed by atoms with E-state index in [-0.39, 0.29) is 0 Å². The van der Waals surface area contributed by atoms with Crippen molar-refractivity contribution >= 4 is 16.9 Å². The van der Waals surface area contributed by atoms with Gasteiger partial charge in [-0.2, -0.15) is 0 Å². The van der Waals surface area contributed by atoms with Gasteiger partial charge in [0.1, 0.15) is 5.82 Å². The summed E-state index contributed by atoms with van der Waals surface area (Å²) in [6.07, 6.45) is 3.02. The number of nitrogens with zero attached hydrogens (tertiary/aromatic N) is 1. The molecule has 0 amide bonds. The second-order valence-electron chi connectivity index (χ2n) is 3.08. The van der Waals surface area contributed by atoms with Crippen LogP contribution in [0, 0.1) is 0 Å². The van der Waals surface area contributed by atoms with Crippen molar-refractivity contribution in [3.63, 3.8) is 0 Å². The van der Waals surface area contributed by atoms with Crippen molar-refractivity contribution < 1.29 is 0 Å². The molecule has 0 aliphatic carbocycles. The van der Waals surface area contributed by atoms with Crippen LogP contribution >= 0.6 is 0 Å². The van der Waals surface area contributed by atoms with Crippen LogP contribution in [0.3, 0.4) is 0 Å². The molecule has 0 saturated heterocycles. The molecular formula is C9H9N3. The maximum Gasteiger partial charge on any atom is 0.130 e. The molecule has 3 heterocycles. The standard InChI is InChI=1S/C9H9N3/c1-3-11-9-6(1)5-8-7(12-9)2-4-10-8/h2,4-5,10H,1,3H2,(H,11,12). The summed E-state index contributed by atoms with van der Waals surface area (Å²) in [7, 11) is 0. The Labute approximate surface area is 69.8 Å². The van der Waals surface area contributed by atoms with Crippen LogP contribution in [-0.4, -0.2) is 16.5 Å². The molecule has 2 aromatic rings. The molecule has 3 heteroatoms. The largest absolute Gasteiger partial charge is 0.369 e. The fraction of sp³-hybridized carbons (Fsp3) is 0.222. The van der Waals surface area contributed by atoms with Gasteiger partial charge in [-0.15, -0.1) is 0 Å². The number of anilines is 1. The number of hydrogen-bond donors (Lipinski definition) is 2. The van der Waals surface area contributed by atoms with Crippen LogP contribution in [0.1, 0.15) is 5.56 Å². The van der Waals surface area contributed by atoms with E-state index in [1.165, 1.54) is 5.56 Å². The number of fused-ring (bicyclic) bond motifs is 2. The van der Waals surface area contributed by atoms with Crippen molar-refractivity contribution in [2.24, 2.45) is 0 Å². The van der Waals surface area contributed by atoms with E-state index in [1.54, 1.807) is 0 Å². The molecular weight excluding hydrogens is 150 g/mol. The molecule has 60 valence electrons.